The average molecular weight is 403 g/mol. The highest BCUT2D eigenvalue weighted by molar-refractivity contribution is 6.44. The lowest BCUT2D eigenvalue weighted by Gasteiger charge is -2.35. The molecule has 2 saturated heterocycles. The number of aromatic nitrogens is 1. The number of rotatable bonds is 4. The third-order valence-corrected chi connectivity index (χ3v) is 6.20. The standard InChI is InChI=1S/C17H24Cl2N4O3/c1-9-13(18)14(19)15(21-9)16(24)22-10-3-5-23(6-4-10)11-7-12(20-8-11)17(25)26-2/h10-12,20-21H,3-8H2,1-2H3,(H,22,24)/t11?,12-/m0/s1. The van der Waals surface area contributed by atoms with Crippen LogP contribution in [0.3, 0.4) is 0 Å². The van der Waals surface area contributed by atoms with Gasteiger partial charge in [-0.25, -0.2) is 0 Å². The summed E-state index contributed by atoms with van der Waals surface area (Å²) in [7, 11) is 1.41. The monoisotopic (exact) mass is 402 g/mol. The Kier molecular flexibility index (Phi) is 6.12. The summed E-state index contributed by atoms with van der Waals surface area (Å²) >= 11 is 12.1. The lowest BCUT2D eigenvalue weighted by Crippen LogP contribution is -2.48. The number of carbonyl (C=O) groups is 2. The molecule has 144 valence electrons. The van der Waals surface area contributed by atoms with Crippen LogP contribution >= 0.6 is 23.2 Å². The van der Waals surface area contributed by atoms with Crippen LogP contribution in [0.25, 0.3) is 0 Å². The minimum Gasteiger partial charge on any atom is -0.468 e. The van der Waals surface area contributed by atoms with E-state index in [-0.39, 0.29) is 29.0 Å². The van der Waals surface area contributed by atoms with Gasteiger partial charge in [-0.15, -0.1) is 0 Å². The Bertz CT molecular complexity index is 686. The van der Waals surface area contributed by atoms with Gasteiger partial charge in [0, 0.05) is 37.4 Å². The molecule has 2 fully saturated rings. The third-order valence-electron chi connectivity index (χ3n) is 5.26. The maximum absolute atomic E-state index is 12.4. The van der Waals surface area contributed by atoms with Crippen molar-refractivity contribution < 1.29 is 14.3 Å². The average Bonchev–Trinajstić information content (AvgIpc) is 3.23. The van der Waals surface area contributed by atoms with Gasteiger partial charge in [-0.05, 0) is 26.2 Å². The predicted molar refractivity (Wildman–Crippen MR) is 99.8 cm³/mol. The zero-order valence-electron chi connectivity index (χ0n) is 14.9. The fraction of sp³-hybridized carbons (Fsp3) is 0.647. The zero-order chi connectivity index (χ0) is 18.8. The van der Waals surface area contributed by atoms with Gasteiger partial charge in [0.1, 0.15) is 11.7 Å². The molecule has 0 radical (unpaired) electrons. The first-order valence-corrected chi connectivity index (χ1v) is 9.56. The molecule has 1 aromatic rings. The zero-order valence-corrected chi connectivity index (χ0v) is 16.4. The Labute approximate surface area is 162 Å². The van der Waals surface area contributed by atoms with Crippen LogP contribution in [0, 0.1) is 6.92 Å². The minimum absolute atomic E-state index is 0.1000. The van der Waals surface area contributed by atoms with Gasteiger partial charge in [-0.2, -0.15) is 0 Å². The topological polar surface area (TPSA) is 86.5 Å². The molecule has 0 aromatic carbocycles. The number of hydrogen-bond acceptors (Lipinski definition) is 5. The number of methoxy groups -OCH3 is 1. The predicted octanol–water partition coefficient (Wildman–Crippen LogP) is 1.73. The van der Waals surface area contributed by atoms with Crippen molar-refractivity contribution >= 4 is 35.1 Å². The minimum atomic E-state index is -0.225. The van der Waals surface area contributed by atoms with Crippen molar-refractivity contribution in [1.29, 1.82) is 0 Å². The molecule has 3 N–H and O–H groups in total. The number of nitrogens with one attached hydrogen (secondary N) is 3. The molecule has 0 spiro atoms. The highest BCUT2D eigenvalue weighted by Gasteiger charge is 2.35. The smallest absolute Gasteiger partial charge is 0.322 e. The molecule has 26 heavy (non-hydrogen) atoms. The lowest BCUT2D eigenvalue weighted by molar-refractivity contribution is -0.142. The molecule has 2 atom stereocenters. The van der Waals surface area contributed by atoms with Crippen LogP contribution in [0.15, 0.2) is 0 Å². The molecule has 1 unspecified atom stereocenters. The van der Waals surface area contributed by atoms with Crippen LogP contribution in [-0.4, -0.2) is 66.6 Å². The van der Waals surface area contributed by atoms with E-state index in [9.17, 15) is 9.59 Å². The number of aromatic amines is 1. The van der Waals surface area contributed by atoms with Crippen molar-refractivity contribution in [2.45, 2.75) is 44.3 Å². The Balaban J connectivity index is 1.49. The largest absolute Gasteiger partial charge is 0.468 e. The Hall–Kier alpha value is -1.28. The summed E-state index contributed by atoms with van der Waals surface area (Å²) < 4.78 is 4.80. The van der Waals surface area contributed by atoms with E-state index in [4.69, 9.17) is 27.9 Å². The van der Waals surface area contributed by atoms with E-state index in [1.165, 1.54) is 7.11 Å². The summed E-state index contributed by atoms with van der Waals surface area (Å²) in [6.45, 7) is 4.32. The Morgan fingerprint density at radius 2 is 1.92 bits per heavy atom. The van der Waals surface area contributed by atoms with Gasteiger partial charge in [0.15, 0.2) is 0 Å². The first kappa shape index (κ1) is 19.5. The highest BCUT2D eigenvalue weighted by Crippen LogP contribution is 2.29. The van der Waals surface area contributed by atoms with Crippen molar-refractivity contribution in [3.8, 4) is 0 Å². The second kappa shape index (κ2) is 8.17. The van der Waals surface area contributed by atoms with Gasteiger partial charge in [0.25, 0.3) is 5.91 Å². The summed E-state index contributed by atoms with van der Waals surface area (Å²) in [6.07, 6.45) is 2.48. The van der Waals surface area contributed by atoms with Crippen LogP contribution in [-0.2, 0) is 9.53 Å². The van der Waals surface area contributed by atoms with Crippen LogP contribution in [0.2, 0.25) is 10.0 Å². The van der Waals surface area contributed by atoms with Gasteiger partial charge in [-0.3, -0.25) is 14.5 Å². The summed E-state index contributed by atoms with van der Waals surface area (Å²) in [6, 6.07) is 0.212. The van der Waals surface area contributed by atoms with Crippen LogP contribution < -0.4 is 10.6 Å². The summed E-state index contributed by atoms with van der Waals surface area (Å²) in [4.78, 5) is 29.4. The summed E-state index contributed by atoms with van der Waals surface area (Å²) in [5.41, 5.74) is 1.00. The maximum Gasteiger partial charge on any atom is 0.322 e. The van der Waals surface area contributed by atoms with Crippen molar-refractivity contribution in [2.24, 2.45) is 0 Å². The molecule has 3 heterocycles. The number of nitrogens with zero attached hydrogens (tertiary/aromatic N) is 1. The molecular formula is C17H24Cl2N4O3. The third kappa shape index (κ3) is 4.01. The molecule has 2 aliphatic rings. The molecule has 7 nitrogen and oxygen atoms in total. The molecule has 1 amide bonds. The van der Waals surface area contributed by atoms with E-state index in [2.05, 4.69) is 20.5 Å². The molecule has 0 aliphatic carbocycles. The maximum atomic E-state index is 12.4. The Morgan fingerprint density at radius 3 is 2.50 bits per heavy atom. The molecular weight excluding hydrogens is 379 g/mol. The molecule has 0 bridgehead atoms. The van der Waals surface area contributed by atoms with Crippen LogP contribution in [0.5, 0.6) is 0 Å². The SMILES string of the molecule is COC(=O)[C@@H]1CC(N2CCC(NC(=O)c3[nH]c(C)c(Cl)c3Cl)CC2)CN1. The van der Waals surface area contributed by atoms with E-state index in [1.54, 1.807) is 6.92 Å². The fourth-order valence-corrected chi connectivity index (χ4v) is 4.13. The number of ether oxygens (including phenoxy) is 1. The number of likely N-dealkylation sites (tertiary alicyclic amines) is 1. The van der Waals surface area contributed by atoms with Crippen molar-refractivity contribution in [3.05, 3.63) is 21.4 Å². The van der Waals surface area contributed by atoms with Crippen LogP contribution in [0.4, 0.5) is 0 Å². The van der Waals surface area contributed by atoms with Crippen molar-refractivity contribution in [3.63, 3.8) is 0 Å². The summed E-state index contributed by atoms with van der Waals surface area (Å²) in [5.74, 6) is -0.428. The van der Waals surface area contributed by atoms with E-state index < -0.39 is 0 Å². The second-order valence-electron chi connectivity index (χ2n) is 6.91. The van der Waals surface area contributed by atoms with Crippen molar-refractivity contribution in [1.82, 2.24) is 20.5 Å². The second-order valence-corrected chi connectivity index (χ2v) is 7.67. The van der Waals surface area contributed by atoms with E-state index in [0.29, 0.717) is 22.5 Å². The Morgan fingerprint density at radius 1 is 1.23 bits per heavy atom. The quantitative estimate of drug-likeness (QED) is 0.667. The van der Waals surface area contributed by atoms with E-state index in [0.717, 1.165) is 38.9 Å². The number of amides is 1. The number of halogens is 2. The molecule has 9 heteroatoms. The van der Waals surface area contributed by atoms with Crippen LogP contribution in [0.1, 0.15) is 35.4 Å². The van der Waals surface area contributed by atoms with Gasteiger partial charge < -0.3 is 20.4 Å². The number of piperidine rings is 1. The summed E-state index contributed by atoms with van der Waals surface area (Å²) in [5, 5.41) is 6.91. The molecule has 2 aliphatic heterocycles. The molecule has 0 saturated carbocycles. The highest BCUT2D eigenvalue weighted by atomic mass is 35.5. The number of aryl methyl sites for hydroxylation is 1. The number of carbonyl (C=O) groups excluding carboxylic acids is 2. The molecule has 1 aromatic heterocycles. The van der Waals surface area contributed by atoms with Gasteiger partial charge in [-0.1, -0.05) is 23.2 Å². The van der Waals surface area contributed by atoms with Gasteiger partial charge >= 0.3 is 5.97 Å². The van der Waals surface area contributed by atoms with Gasteiger partial charge in [0.05, 0.1) is 17.2 Å². The van der Waals surface area contributed by atoms with E-state index in [1.807, 2.05) is 0 Å². The van der Waals surface area contributed by atoms with Crippen molar-refractivity contribution in [2.75, 3.05) is 26.7 Å². The first-order valence-electron chi connectivity index (χ1n) is 8.80. The van der Waals surface area contributed by atoms with E-state index >= 15 is 0 Å². The number of esters is 1. The first-order chi connectivity index (χ1) is 12.4. The van der Waals surface area contributed by atoms with Gasteiger partial charge in [0.2, 0.25) is 0 Å². The molecule has 3 rings (SSSR count). The fourth-order valence-electron chi connectivity index (χ4n) is 3.71. The number of H-pyrrole nitrogens is 1. The number of hydrogen-bond donors (Lipinski definition) is 3. The normalized spacial score (nSPS) is 24.6. The lowest BCUT2D eigenvalue weighted by atomic mass is 10.0.